The van der Waals surface area contributed by atoms with Gasteiger partial charge < -0.3 is 0 Å². The van der Waals surface area contributed by atoms with E-state index < -0.39 is 5.41 Å². The van der Waals surface area contributed by atoms with E-state index in [1.165, 1.54) is 66.8 Å². The van der Waals surface area contributed by atoms with Gasteiger partial charge in [0.25, 0.3) is 0 Å². The van der Waals surface area contributed by atoms with E-state index >= 15 is 0 Å². The summed E-state index contributed by atoms with van der Waals surface area (Å²) in [6.07, 6.45) is 2.61. The topological polar surface area (TPSA) is 0 Å². The first-order valence-corrected chi connectivity index (χ1v) is 17.9. The van der Waals surface area contributed by atoms with Crippen LogP contribution in [0.4, 0.5) is 0 Å². The third-order valence-electron chi connectivity index (χ3n) is 11.2. The van der Waals surface area contributed by atoms with Crippen molar-refractivity contribution in [3.05, 3.63) is 208 Å². The molecule has 0 aliphatic heterocycles. The second kappa shape index (κ2) is 11.6. The molecule has 0 saturated heterocycles. The Kier molecular flexibility index (Phi) is 7.41. The molecule has 0 N–H and O–H groups in total. The molecule has 0 nitrogen and oxygen atoms in total. The largest absolute Gasteiger partial charge is 0.0672 e. The van der Waals surface area contributed by atoms with Gasteiger partial charge in [0, 0.05) is 17.3 Å². The van der Waals surface area contributed by atoms with E-state index in [9.17, 15) is 0 Å². The molecule has 0 heteroatoms. The fraction of sp³-hybridized carbons (Fsp3) is 0.224. The normalized spacial score (nSPS) is 15.8. The van der Waals surface area contributed by atoms with Gasteiger partial charge >= 0.3 is 0 Å². The number of hydrogen-bond donors (Lipinski definition) is 0. The van der Waals surface area contributed by atoms with Gasteiger partial charge in [0.15, 0.2) is 0 Å². The zero-order chi connectivity index (χ0) is 34.0. The van der Waals surface area contributed by atoms with Crippen LogP contribution in [0.15, 0.2) is 158 Å². The van der Waals surface area contributed by atoms with Crippen LogP contribution in [0.5, 0.6) is 0 Å². The lowest BCUT2D eigenvalue weighted by Crippen LogP contribution is -2.40. The smallest absolute Gasteiger partial charge is 0.0415 e. The van der Waals surface area contributed by atoms with Gasteiger partial charge in [-0.15, -0.1) is 0 Å². The van der Waals surface area contributed by atoms with Crippen molar-refractivity contribution in [1.29, 1.82) is 0 Å². The van der Waals surface area contributed by atoms with E-state index in [1.54, 1.807) is 0 Å². The third-order valence-corrected chi connectivity index (χ3v) is 11.2. The molecule has 6 aromatic carbocycles. The summed E-state index contributed by atoms with van der Waals surface area (Å²) in [5.41, 5.74) is 15.9. The minimum atomic E-state index is -0.456. The Hall–Kier alpha value is -4.94. The molecule has 49 heavy (non-hydrogen) atoms. The van der Waals surface area contributed by atoms with Crippen molar-refractivity contribution < 1.29 is 0 Å². The Morgan fingerprint density at radius 1 is 0.388 bits per heavy atom. The molecule has 1 atom stereocenters. The molecule has 242 valence electrons. The highest BCUT2D eigenvalue weighted by Crippen LogP contribution is 2.64. The monoisotopic (exact) mass is 634 g/mol. The molecule has 2 aliphatic rings. The van der Waals surface area contributed by atoms with Crippen molar-refractivity contribution in [2.45, 2.75) is 69.6 Å². The first kappa shape index (κ1) is 31.3. The van der Waals surface area contributed by atoms with Gasteiger partial charge in [-0.1, -0.05) is 199 Å². The quantitative estimate of drug-likeness (QED) is 0.177. The predicted molar refractivity (Wildman–Crippen MR) is 207 cm³/mol. The van der Waals surface area contributed by atoms with Gasteiger partial charge in [-0.25, -0.2) is 0 Å². The zero-order valence-electron chi connectivity index (χ0n) is 29.7. The SMILES string of the molecule is CC(C)(C)c1ccc2c(c1)C(C(c1ccccc1)(c1ccccc1)C1C=C(c3ccccc3)c3ccccc31)c1cc(C(C)(C)C)ccc1-2. The fourth-order valence-electron chi connectivity index (χ4n) is 8.76. The maximum Gasteiger partial charge on any atom is 0.0415 e. The van der Waals surface area contributed by atoms with Crippen molar-refractivity contribution in [1.82, 2.24) is 0 Å². The average molecular weight is 635 g/mol. The molecule has 8 rings (SSSR count). The molecule has 0 heterocycles. The second-order valence-electron chi connectivity index (χ2n) is 16.1. The molecule has 0 spiro atoms. The van der Waals surface area contributed by atoms with Gasteiger partial charge in [-0.3, -0.25) is 0 Å². The second-order valence-corrected chi connectivity index (χ2v) is 16.1. The maximum atomic E-state index is 2.61. The van der Waals surface area contributed by atoms with Crippen LogP contribution in [0.1, 0.15) is 103 Å². The molecule has 1 unspecified atom stereocenters. The highest BCUT2D eigenvalue weighted by atomic mass is 14.6. The molecular formula is C49H46. The lowest BCUT2D eigenvalue weighted by Gasteiger charge is -2.46. The number of rotatable bonds is 5. The highest BCUT2D eigenvalue weighted by Gasteiger charge is 2.54. The van der Waals surface area contributed by atoms with Gasteiger partial charge in [0.1, 0.15) is 0 Å². The summed E-state index contributed by atoms with van der Waals surface area (Å²) in [7, 11) is 0. The Bertz CT molecular complexity index is 2070. The summed E-state index contributed by atoms with van der Waals surface area (Å²) in [5.74, 6) is 0.139. The van der Waals surface area contributed by atoms with Crippen molar-refractivity contribution in [3.8, 4) is 11.1 Å². The molecule has 6 aromatic rings. The molecule has 0 radical (unpaired) electrons. The van der Waals surface area contributed by atoms with Gasteiger partial charge in [-0.2, -0.15) is 0 Å². The zero-order valence-corrected chi connectivity index (χ0v) is 29.7. The van der Waals surface area contributed by atoms with Crippen LogP contribution < -0.4 is 0 Å². The van der Waals surface area contributed by atoms with Gasteiger partial charge in [-0.05, 0) is 77.6 Å². The number of benzene rings is 6. The summed E-state index contributed by atoms with van der Waals surface area (Å²) in [5, 5.41) is 0. The van der Waals surface area contributed by atoms with E-state index in [1.807, 2.05) is 0 Å². The lowest BCUT2D eigenvalue weighted by atomic mass is 9.55. The lowest BCUT2D eigenvalue weighted by molar-refractivity contribution is 0.415. The number of allylic oxidation sites excluding steroid dienone is 1. The van der Waals surface area contributed by atoms with Crippen molar-refractivity contribution in [2.24, 2.45) is 0 Å². The molecule has 0 fully saturated rings. The van der Waals surface area contributed by atoms with Gasteiger partial charge in [0.05, 0.1) is 0 Å². The van der Waals surface area contributed by atoms with E-state index in [4.69, 9.17) is 0 Å². The predicted octanol–water partition coefficient (Wildman–Crippen LogP) is 12.6. The third kappa shape index (κ3) is 5.04. The van der Waals surface area contributed by atoms with Crippen molar-refractivity contribution in [3.63, 3.8) is 0 Å². The van der Waals surface area contributed by atoms with Crippen LogP contribution in [0.25, 0.3) is 16.7 Å². The molecular weight excluding hydrogens is 589 g/mol. The Balaban J connectivity index is 1.54. The summed E-state index contributed by atoms with van der Waals surface area (Å²) in [6, 6.07) is 57.7. The highest BCUT2D eigenvalue weighted by molar-refractivity contribution is 5.88. The molecule has 0 aromatic heterocycles. The van der Waals surface area contributed by atoms with Crippen LogP contribution in [0, 0.1) is 0 Å². The minimum Gasteiger partial charge on any atom is -0.0672 e. The Morgan fingerprint density at radius 3 is 1.33 bits per heavy atom. The van der Waals surface area contributed by atoms with E-state index in [0.717, 1.165) is 0 Å². The number of fused-ring (bicyclic) bond motifs is 4. The first-order chi connectivity index (χ1) is 23.6. The van der Waals surface area contributed by atoms with E-state index in [0.29, 0.717) is 0 Å². The van der Waals surface area contributed by atoms with Gasteiger partial charge in [0.2, 0.25) is 0 Å². The average Bonchev–Trinajstić information content (AvgIpc) is 3.66. The summed E-state index contributed by atoms with van der Waals surface area (Å²) in [6.45, 7) is 14.0. The van der Waals surface area contributed by atoms with Crippen LogP contribution in [-0.4, -0.2) is 0 Å². The van der Waals surface area contributed by atoms with E-state index in [2.05, 4.69) is 199 Å². The van der Waals surface area contributed by atoms with Crippen molar-refractivity contribution in [2.75, 3.05) is 0 Å². The summed E-state index contributed by atoms with van der Waals surface area (Å²) < 4.78 is 0. The van der Waals surface area contributed by atoms with Crippen LogP contribution in [0.2, 0.25) is 0 Å². The van der Waals surface area contributed by atoms with Crippen LogP contribution in [-0.2, 0) is 16.2 Å². The number of hydrogen-bond acceptors (Lipinski definition) is 0. The van der Waals surface area contributed by atoms with Crippen LogP contribution in [0.3, 0.4) is 0 Å². The van der Waals surface area contributed by atoms with Crippen molar-refractivity contribution >= 4 is 5.57 Å². The Labute approximate surface area is 293 Å². The standard InChI is InChI=1S/C49H46/c1-47(2,3)36-26-28-39-40-29-27-37(48(4,5)6)31-44(40)46(43(39)30-36)49(34-20-12-8-13-21-34,35-22-14-9-15-23-35)45-32-42(33-18-10-7-11-19-33)38-24-16-17-25-41(38)45/h7-32,45-46H,1-6H3. The fourth-order valence-corrected chi connectivity index (χ4v) is 8.76. The summed E-state index contributed by atoms with van der Waals surface area (Å²) >= 11 is 0. The molecule has 0 bridgehead atoms. The van der Waals surface area contributed by atoms with E-state index in [-0.39, 0.29) is 22.7 Å². The minimum absolute atomic E-state index is 0.0212. The Morgan fingerprint density at radius 2 is 0.837 bits per heavy atom. The molecule has 0 amide bonds. The summed E-state index contributed by atoms with van der Waals surface area (Å²) in [4.78, 5) is 0. The van der Waals surface area contributed by atoms with Crippen LogP contribution >= 0.6 is 0 Å². The molecule has 2 aliphatic carbocycles. The molecule has 0 saturated carbocycles. The first-order valence-electron chi connectivity index (χ1n) is 17.9. The maximum absolute atomic E-state index is 2.61.